The maximum Gasteiger partial charge on any atom is 0.227 e. The zero-order valence-electron chi connectivity index (χ0n) is 13.5. The molecular formula is C17H28N2O2. The smallest absolute Gasteiger partial charge is 0.227 e. The van der Waals surface area contributed by atoms with Crippen LogP contribution in [0.2, 0.25) is 0 Å². The van der Waals surface area contributed by atoms with Gasteiger partial charge in [0, 0.05) is 26.2 Å². The van der Waals surface area contributed by atoms with Gasteiger partial charge in [0.25, 0.3) is 0 Å². The summed E-state index contributed by atoms with van der Waals surface area (Å²) < 4.78 is 5.14. The van der Waals surface area contributed by atoms with Gasteiger partial charge < -0.3 is 15.4 Å². The van der Waals surface area contributed by atoms with E-state index in [1.165, 1.54) is 0 Å². The SMILES string of the molecule is CCC(CC)N(CCOC)C(=O)Cc1ccccc1CN. The van der Waals surface area contributed by atoms with Gasteiger partial charge in [-0.05, 0) is 24.0 Å². The van der Waals surface area contributed by atoms with Crippen molar-refractivity contribution in [2.75, 3.05) is 20.3 Å². The van der Waals surface area contributed by atoms with E-state index >= 15 is 0 Å². The number of nitrogens with zero attached hydrogens (tertiary/aromatic N) is 1. The van der Waals surface area contributed by atoms with Gasteiger partial charge in [0.1, 0.15) is 0 Å². The average molecular weight is 292 g/mol. The summed E-state index contributed by atoms with van der Waals surface area (Å²) in [4.78, 5) is 14.6. The Kier molecular flexibility index (Phi) is 8.01. The van der Waals surface area contributed by atoms with Crippen molar-refractivity contribution < 1.29 is 9.53 Å². The Labute approximate surface area is 128 Å². The van der Waals surface area contributed by atoms with E-state index in [0.29, 0.717) is 26.1 Å². The zero-order valence-corrected chi connectivity index (χ0v) is 13.5. The van der Waals surface area contributed by atoms with Crippen molar-refractivity contribution in [2.45, 2.75) is 45.7 Å². The molecule has 1 aromatic carbocycles. The Morgan fingerprint density at radius 1 is 1.24 bits per heavy atom. The summed E-state index contributed by atoms with van der Waals surface area (Å²) >= 11 is 0. The number of methoxy groups -OCH3 is 1. The van der Waals surface area contributed by atoms with Crippen LogP contribution in [-0.2, 0) is 22.5 Å². The molecule has 1 rings (SSSR count). The lowest BCUT2D eigenvalue weighted by Crippen LogP contribution is -2.42. The third-order valence-electron chi connectivity index (χ3n) is 3.92. The van der Waals surface area contributed by atoms with Gasteiger partial charge in [-0.3, -0.25) is 4.79 Å². The third-order valence-corrected chi connectivity index (χ3v) is 3.92. The lowest BCUT2D eigenvalue weighted by Gasteiger charge is -2.30. The van der Waals surface area contributed by atoms with Gasteiger partial charge in [-0.1, -0.05) is 38.1 Å². The Morgan fingerprint density at radius 2 is 1.86 bits per heavy atom. The number of amides is 1. The molecule has 0 fully saturated rings. The van der Waals surface area contributed by atoms with Gasteiger partial charge in [0.2, 0.25) is 5.91 Å². The molecule has 0 aromatic heterocycles. The molecule has 21 heavy (non-hydrogen) atoms. The minimum Gasteiger partial charge on any atom is -0.383 e. The summed E-state index contributed by atoms with van der Waals surface area (Å²) in [6.07, 6.45) is 2.34. The van der Waals surface area contributed by atoms with Crippen LogP contribution in [-0.4, -0.2) is 37.1 Å². The normalized spacial score (nSPS) is 10.9. The predicted octanol–water partition coefficient (Wildman–Crippen LogP) is 2.35. The molecule has 2 N–H and O–H groups in total. The lowest BCUT2D eigenvalue weighted by molar-refractivity contribution is -0.133. The molecule has 0 aliphatic heterocycles. The average Bonchev–Trinajstić information content (AvgIpc) is 2.51. The van der Waals surface area contributed by atoms with Gasteiger partial charge in [-0.15, -0.1) is 0 Å². The lowest BCUT2D eigenvalue weighted by atomic mass is 10.0. The predicted molar refractivity (Wildman–Crippen MR) is 86.0 cm³/mol. The minimum absolute atomic E-state index is 0.154. The van der Waals surface area contributed by atoms with Crippen LogP contribution in [0.15, 0.2) is 24.3 Å². The Morgan fingerprint density at radius 3 is 2.38 bits per heavy atom. The van der Waals surface area contributed by atoms with Crippen molar-refractivity contribution in [3.8, 4) is 0 Å². The second-order valence-electron chi connectivity index (χ2n) is 5.20. The van der Waals surface area contributed by atoms with Crippen molar-refractivity contribution in [3.05, 3.63) is 35.4 Å². The molecule has 0 saturated carbocycles. The van der Waals surface area contributed by atoms with Gasteiger partial charge in [0.05, 0.1) is 13.0 Å². The number of nitrogens with two attached hydrogens (primary N) is 1. The summed E-state index contributed by atoms with van der Waals surface area (Å²) in [5.74, 6) is 0.154. The monoisotopic (exact) mass is 292 g/mol. The van der Waals surface area contributed by atoms with E-state index in [1.54, 1.807) is 7.11 Å². The van der Waals surface area contributed by atoms with Crippen LogP contribution >= 0.6 is 0 Å². The van der Waals surface area contributed by atoms with Gasteiger partial charge in [-0.2, -0.15) is 0 Å². The first-order valence-electron chi connectivity index (χ1n) is 7.73. The first-order valence-corrected chi connectivity index (χ1v) is 7.73. The highest BCUT2D eigenvalue weighted by Gasteiger charge is 2.21. The van der Waals surface area contributed by atoms with E-state index < -0.39 is 0 Å². The molecule has 1 aromatic rings. The molecule has 0 radical (unpaired) electrons. The molecular weight excluding hydrogens is 264 g/mol. The van der Waals surface area contributed by atoms with E-state index in [2.05, 4.69) is 13.8 Å². The maximum atomic E-state index is 12.7. The standard InChI is InChI=1S/C17H28N2O2/c1-4-16(5-2)19(10-11-21-3)17(20)12-14-8-6-7-9-15(14)13-18/h6-9,16H,4-5,10-13,18H2,1-3H3. The van der Waals surface area contributed by atoms with Gasteiger partial charge in [-0.25, -0.2) is 0 Å². The molecule has 0 spiro atoms. The largest absolute Gasteiger partial charge is 0.383 e. The molecule has 0 aliphatic rings. The summed E-state index contributed by atoms with van der Waals surface area (Å²) in [7, 11) is 1.67. The highest BCUT2D eigenvalue weighted by atomic mass is 16.5. The number of ether oxygens (including phenoxy) is 1. The second kappa shape index (κ2) is 9.53. The molecule has 0 aliphatic carbocycles. The highest BCUT2D eigenvalue weighted by Crippen LogP contribution is 2.14. The van der Waals surface area contributed by atoms with Crippen LogP contribution < -0.4 is 5.73 Å². The van der Waals surface area contributed by atoms with E-state index in [1.807, 2.05) is 29.2 Å². The quantitative estimate of drug-likeness (QED) is 0.760. The molecule has 0 bridgehead atoms. The molecule has 1 amide bonds. The fourth-order valence-corrected chi connectivity index (χ4v) is 2.62. The molecule has 0 saturated heterocycles. The van der Waals surface area contributed by atoms with Crippen LogP contribution in [0.4, 0.5) is 0 Å². The van der Waals surface area contributed by atoms with Crippen LogP contribution in [0.5, 0.6) is 0 Å². The van der Waals surface area contributed by atoms with E-state index in [4.69, 9.17) is 10.5 Å². The Bertz CT molecular complexity index is 431. The minimum atomic E-state index is 0.154. The van der Waals surface area contributed by atoms with Crippen LogP contribution in [0.25, 0.3) is 0 Å². The first-order chi connectivity index (χ1) is 10.2. The number of benzene rings is 1. The summed E-state index contributed by atoms with van der Waals surface area (Å²) in [5, 5.41) is 0. The molecule has 0 heterocycles. The van der Waals surface area contributed by atoms with Crippen molar-refractivity contribution in [2.24, 2.45) is 5.73 Å². The van der Waals surface area contributed by atoms with Gasteiger partial charge in [0.15, 0.2) is 0 Å². The number of hydrogen-bond acceptors (Lipinski definition) is 3. The fourth-order valence-electron chi connectivity index (χ4n) is 2.62. The van der Waals surface area contributed by atoms with Crippen LogP contribution in [0.3, 0.4) is 0 Å². The Hall–Kier alpha value is -1.39. The van der Waals surface area contributed by atoms with E-state index in [9.17, 15) is 4.79 Å². The summed E-state index contributed by atoms with van der Waals surface area (Å²) in [6.45, 7) is 5.92. The third kappa shape index (κ3) is 5.14. The van der Waals surface area contributed by atoms with E-state index in [0.717, 1.165) is 24.0 Å². The van der Waals surface area contributed by atoms with Crippen molar-refractivity contribution in [1.29, 1.82) is 0 Å². The number of hydrogen-bond donors (Lipinski definition) is 1. The van der Waals surface area contributed by atoms with Crippen LogP contribution in [0.1, 0.15) is 37.8 Å². The fraction of sp³-hybridized carbons (Fsp3) is 0.588. The van der Waals surface area contributed by atoms with Crippen molar-refractivity contribution in [1.82, 2.24) is 4.90 Å². The topological polar surface area (TPSA) is 55.6 Å². The molecule has 0 unspecified atom stereocenters. The highest BCUT2D eigenvalue weighted by molar-refractivity contribution is 5.79. The maximum absolute atomic E-state index is 12.7. The number of rotatable bonds is 9. The first kappa shape index (κ1) is 17.7. The second-order valence-corrected chi connectivity index (χ2v) is 5.20. The number of carbonyl (C=O) groups excluding carboxylic acids is 1. The number of carbonyl (C=O) groups is 1. The van der Waals surface area contributed by atoms with Crippen molar-refractivity contribution in [3.63, 3.8) is 0 Å². The Balaban J connectivity index is 2.84. The molecule has 118 valence electrons. The van der Waals surface area contributed by atoms with Crippen LogP contribution in [0, 0.1) is 0 Å². The molecule has 4 heteroatoms. The summed E-state index contributed by atoms with van der Waals surface area (Å²) in [5.41, 5.74) is 7.82. The van der Waals surface area contributed by atoms with Gasteiger partial charge >= 0.3 is 0 Å². The molecule has 0 atom stereocenters. The zero-order chi connectivity index (χ0) is 15.7. The molecule has 4 nitrogen and oxygen atoms in total. The van der Waals surface area contributed by atoms with E-state index in [-0.39, 0.29) is 11.9 Å². The summed E-state index contributed by atoms with van der Waals surface area (Å²) in [6, 6.07) is 8.16. The van der Waals surface area contributed by atoms with Crippen molar-refractivity contribution >= 4 is 5.91 Å².